The van der Waals surface area contributed by atoms with Crippen LogP contribution in [0.1, 0.15) is 12.8 Å². The largest absolute Gasteiger partial charge is 0.494 e. The Morgan fingerprint density at radius 1 is 1.35 bits per heavy atom. The van der Waals surface area contributed by atoms with Gasteiger partial charge in [0.25, 0.3) is 0 Å². The van der Waals surface area contributed by atoms with E-state index in [2.05, 4.69) is 5.10 Å². The molecule has 1 aromatic carbocycles. The predicted octanol–water partition coefficient (Wildman–Crippen LogP) is 0.993. The molecule has 1 unspecified atom stereocenters. The van der Waals surface area contributed by atoms with Gasteiger partial charge in [-0.2, -0.15) is 9.40 Å². The maximum Gasteiger partial charge on any atom is 0.246 e. The van der Waals surface area contributed by atoms with Crippen molar-refractivity contribution in [2.45, 2.75) is 23.8 Å². The molecule has 2 N–H and O–H groups in total. The number of piperidine rings is 1. The number of para-hydroxylation sites is 2. The van der Waals surface area contributed by atoms with Gasteiger partial charge < -0.3 is 10.5 Å². The third-order valence-electron chi connectivity index (χ3n) is 3.95. The van der Waals surface area contributed by atoms with Crippen LogP contribution >= 0.6 is 0 Å². The lowest BCUT2D eigenvalue weighted by atomic mass is 10.1. The first kappa shape index (κ1) is 16.0. The minimum atomic E-state index is -3.57. The van der Waals surface area contributed by atoms with Gasteiger partial charge in [0.05, 0.1) is 19.5 Å². The highest BCUT2D eigenvalue weighted by molar-refractivity contribution is 7.89. The van der Waals surface area contributed by atoms with Crippen LogP contribution in [0.5, 0.6) is 5.75 Å². The molecule has 1 aromatic heterocycles. The SMILES string of the molecule is COc1ccccc1-n1cc(S(=O)(=O)N2CCCC(N)C2)cn1. The maximum absolute atomic E-state index is 12.7. The number of benzene rings is 1. The van der Waals surface area contributed by atoms with Crippen molar-refractivity contribution in [1.29, 1.82) is 0 Å². The van der Waals surface area contributed by atoms with Gasteiger partial charge in [-0.05, 0) is 25.0 Å². The van der Waals surface area contributed by atoms with Crippen molar-refractivity contribution in [2.75, 3.05) is 20.2 Å². The van der Waals surface area contributed by atoms with E-state index < -0.39 is 10.0 Å². The molecule has 7 nitrogen and oxygen atoms in total. The molecule has 8 heteroatoms. The van der Waals surface area contributed by atoms with E-state index in [1.54, 1.807) is 13.2 Å². The van der Waals surface area contributed by atoms with Gasteiger partial charge in [0.15, 0.2) is 0 Å². The van der Waals surface area contributed by atoms with Crippen LogP contribution in [0.4, 0.5) is 0 Å². The summed E-state index contributed by atoms with van der Waals surface area (Å²) in [4.78, 5) is 0.164. The third-order valence-corrected chi connectivity index (χ3v) is 5.77. The van der Waals surface area contributed by atoms with Crippen LogP contribution in [-0.4, -0.2) is 48.7 Å². The Hall–Kier alpha value is -1.90. The Morgan fingerprint density at radius 3 is 2.87 bits per heavy atom. The molecule has 1 aliphatic heterocycles. The fourth-order valence-electron chi connectivity index (χ4n) is 2.73. The van der Waals surface area contributed by atoms with Gasteiger partial charge >= 0.3 is 0 Å². The highest BCUT2D eigenvalue weighted by Crippen LogP contribution is 2.24. The monoisotopic (exact) mass is 336 g/mol. The number of aromatic nitrogens is 2. The van der Waals surface area contributed by atoms with Crippen molar-refractivity contribution in [3.8, 4) is 11.4 Å². The van der Waals surface area contributed by atoms with E-state index in [0.717, 1.165) is 12.8 Å². The molecule has 3 rings (SSSR count). The molecule has 0 spiro atoms. The van der Waals surface area contributed by atoms with E-state index >= 15 is 0 Å². The zero-order valence-electron chi connectivity index (χ0n) is 12.9. The first-order valence-corrected chi connectivity index (χ1v) is 8.90. The maximum atomic E-state index is 12.7. The summed E-state index contributed by atoms with van der Waals surface area (Å²) in [6.45, 7) is 0.845. The normalized spacial score (nSPS) is 19.7. The second-order valence-corrected chi connectivity index (χ2v) is 7.50. The number of hydrogen-bond donors (Lipinski definition) is 1. The molecular formula is C15H20N4O3S. The zero-order valence-corrected chi connectivity index (χ0v) is 13.7. The van der Waals surface area contributed by atoms with Gasteiger partial charge in [-0.3, -0.25) is 0 Å². The highest BCUT2D eigenvalue weighted by atomic mass is 32.2. The average Bonchev–Trinajstić information content (AvgIpc) is 3.05. The van der Waals surface area contributed by atoms with Crippen LogP contribution in [0, 0.1) is 0 Å². The lowest BCUT2D eigenvalue weighted by Gasteiger charge is -2.29. The fraction of sp³-hybridized carbons (Fsp3) is 0.400. The third kappa shape index (κ3) is 3.10. The fourth-order valence-corrected chi connectivity index (χ4v) is 4.20. The summed E-state index contributed by atoms with van der Waals surface area (Å²) in [5, 5.41) is 4.17. The summed E-state index contributed by atoms with van der Waals surface area (Å²) >= 11 is 0. The minimum absolute atomic E-state index is 0.109. The van der Waals surface area contributed by atoms with E-state index in [4.69, 9.17) is 10.5 Å². The Bertz CT molecular complexity index is 788. The van der Waals surface area contributed by atoms with Crippen molar-refractivity contribution in [3.63, 3.8) is 0 Å². The smallest absolute Gasteiger partial charge is 0.246 e. The molecule has 0 saturated carbocycles. The average molecular weight is 336 g/mol. The van der Waals surface area contributed by atoms with Crippen LogP contribution in [0.25, 0.3) is 5.69 Å². The molecule has 124 valence electrons. The highest BCUT2D eigenvalue weighted by Gasteiger charge is 2.30. The number of sulfonamides is 1. The topological polar surface area (TPSA) is 90.5 Å². The summed E-state index contributed by atoms with van der Waals surface area (Å²) in [5.74, 6) is 0.625. The molecule has 0 amide bonds. The molecule has 0 bridgehead atoms. The second-order valence-electron chi connectivity index (χ2n) is 5.56. The molecule has 1 saturated heterocycles. The van der Waals surface area contributed by atoms with Crippen LogP contribution in [-0.2, 0) is 10.0 Å². The standard InChI is InChI=1S/C15H20N4O3S/c1-22-15-7-3-2-6-14(15)19-11-13(9-17-19)23(20,21)18-8-4-5-12(16)10-18/h2-3,6-7,9,11-12H,4-5,8,10,16H2,1H3. The second kappa shape index (κ2) is 6.31. The van der Waals surface area contributed by atoms with E-state index in [1.807, 2.05) is 18.2 Å². The molecular weight excluding hydrogens is 316 g/mol. The number of ether oxygens (including phenoxy) is 1. The van der Waals surface area contributed by atoms with Gasteiger partial charge in [-0.25, -0.2) is 13.1 Å². The molecule has 0 radical (unpaired) electrons. The van der Waals surface area contributed by atoms with Crippen LogP contribution in [0.3, 0.4) is 0 Å². The summed E-state index contributed by atoms with van der Waals surface area (Å²) < 4.78 is 33.7. The lowest BCUT2D eigenvalue weighted by Crippen LogP contribution is -2.45. The van der Waals surface area contributed by atoms with Crippen molar-refractivity contribution in [3.05, 3.63) is 36.7 Å². The molecule has 23 heavy (non-hydrogen) atoms. The van der Waals surface area contributed by atoms with E-state index in [9.17, 15) is 8.42 Å². The van der Waals surface area contributed by atoms with Gasteiger partial charge in [0, 0.05) is 19.1 Å². The molecule has 0 aliphatic carbocycles. The first-order chi connectivity index (χ1) is 11.0. The first-order valence-electron chi connectivity index (χ1n) is 7.46. The predicted molar refractivity (Wildman–Crippen MR) is 86.1 cm³/mol. The molecule has 1 atom stereocenters. The summed E-state index contributed by atoms with van der Waals surface area (Å²) in [5.41, 5.74) is 6.58. The summed E-state index contributed by atoms with van der Waals surface area (Å²) in [6, 6.07) is 7.20. The number of hydrogen-bond acceptors (Lipinski definition) is 5. The van der Waals surface area contributed by atoms with Crippen molar-refractivity contribution in [2.24, 2.45) is 5.73 Å². The Balaban J connectivity index is 1.92. The Labute approximate surface area is 135 Å². The van der Waals surface area contributed by atoms with Crippen LogP contribution < -0.4 is 10.5 Å². The molecule has 2 heterocycles. The Morgan fingerprint density at radius 2 is 2.13 bits per heavy atom. The Kier molecular flexibility index (Phi) is 4.38. The van der Waals surface area contributed by atoms with Crippen LogP contribution in [0.15, 0.2) is 41.6 Å². The molecule has 2 aromatic rings. The van der Waals surface area contributed by atoms with Crippen molar-refractivity contribution < 1.29 is 13.2 Å². The number of methoxy groups -OCH3 is 1. The van der Waals surface area contributed by atoms with E-state index in [-0.39, 0.29) is 10.9 Å². The zero-order chi connectivity index (χ0) is 16.4. The molecule has 1 aliphatic rings. The number of nitrogens with zero attached hydrogens (tertiary/aromatic N) is 3. The van der Waals surface area contributed by atoms with Crippen molar-refractivity contribution in [1.82, 2.24) is 14.1 Å². The summed E-state index contributed by atoms with van der Waals surface area (Å²) in [7, 11) is -2.01. The van der Waals surface area contributed by atoms with Gasteiger partial charge in [-0.1, -0.05) is 12.1 Å². The lowest BCUT2D eigenvalue weighted by molar-refractivity contribution is 0.316. The van der Waals surface area contributed by atoms with Gasteiger partial charge in [0.2, 0.25) is 10.0 Å². The quantitative estimate of drug-likeness (QED) is 0.899. The van der Waals surface area contributed by atoms with Gasteiger partial charge in [-0.15, -0.1) is 0 Å². The van der Waals surface area contributed by atoms with E-state index in [0.29, 0.717) is 24.5 Å². The van der Waals surface area contributed by atoms with Gasteiger partial charge in [0.1, 0.15) is 16.3 Å². The van der Waals surface area contributed by atoms with E-state index in [1.165, 1.54) is 21.4 Å². The van der Waals surface area contributed by atoms with Crippen molar-refractivity contribution >= 4 is 10.0 Å². The number of nitrogens with two attached hydrogens (primary N) is 1. The molecule has 1 fully saturated rings. The number of rotatable bonds is 4. The van der Waals surface area contributed by atoms with Crippen LogP contribution in [0.2, 0.25) is 0 Å². The minimum Gasteiger partial charge on any atom is -0.494 e. The summed E-state index contributed by atoms with van der Waals surface area (Å²) in [6.07, 6.45) is 4.50.